The van der Waals surface area contributed by atoms with Gasteiger partial charge >= 0.3 is 5.97 Å². The topological polar surface area (TPSA) is 127 Å². The predicted molar refractivity (Wildman–Crippen MR) is 140 cm³/mol. The number of aliphatic imine (C=N–C) groups is 1. The number of nitro groups is 1. The minimum Gasteiger partial charge on any atom is -0.459 e. The van der Waals surface area contributed by atoms with E-state index in [1.165, 1.54) is 23.9 Å². The zero-order valence-corrected chi connectivity index (χ0v) is 22.0. The molecule has 0 spiro atoms. The Bertz CT molecular complexity index is 1140. The van der Waals surface area contributed by atoms with Crippen LogP contribution in [0.4, 0.5) is 5.69 Å². The van der Waals surface area contributed by atoms with E-state index >= 15 is 0 Å². The Kier molecular flexibility index (Phi) is 8.62. The first-order valence-electron chi connectivity index (χ1n) is 12.2. The van der Waals surface area contributed by atoms with Crippen LogP contribution >= 0.6 is 11.8 Å². The van der Waals surface area contributed by atoms with Gasteiger partial charge in [0.05, 0.1) is 48.0 Å². The van der Waals surface area contributed by atoms with Gasteiger partial charge in [0.2, 0.25) is 5.91 Å². The van der Waals surface area contributed by atoms with Crippen LogP contribution in [0.1, 0.15) is 38.8 Å². The fourth-order valence-electron chi connectivity index (χ4n) is 4.41. The summed E-state index contributed by atoms with van der Waals surface area (Å²) in [5.41, 5.74) is 2.16. The lowest BCUT2D eigenvalue weighted by molar-refractivity contribution is -0.384. The minimum atomic E-state index is -0.637. The molecule has 1 aromatic carbocycles. The maximum Gasteiger partial charge on any atom is 0.338 e. The van der Waals surface area contributed by atoms with E-state index in [1.807, 2.05) is 10.3 Å². The van der Waals surface area contributed by atoms with Gasteiger partial charge in [-0.25, -0.2) is 9.79 Å². The second kappa shape index (κ2) is 11.9. The summed E-state index contributed by atoms with van der Waals surface area (Å²) in [6, 6.07) is 5.44. The van der Waals surface area contributed by atoms with Crippen molar-refractivity contribution in [1.82, 2.24) is 15.1 Å². The van der Waals surface area contributed by atoms with Crippen LogP contribution in [0, 0.1) is 10.1 Å². The number of non-ortho nitro benzene ring substituents is 1. The van der Waals surface area contributed by atoms with E-state index in [9.17, 15) is 19.7 Å². The van der Waals surface area contributed by atoms with E-state index in [0.29, 0.717) is 47.5 Å². The van der Waals surface area contributed by atoms with E-state index in [2.05, 4.69) is 15.2 Å². The molecule has 1 N–H and O–H groups in total. The molecule has 4 rings (SSSR count). The Labute approximate surface area is 219 Å². The number of nitrogens with one attached hydrogen (secondary N) is 1. The highest BCUT2D eigenvalue weighted by molar-refractivity contribution is 8.16. The van der Waals surface area contributed by atoms with Gasteiger partial charge in [-0.3, -0.25) is 19.8 Å². The van der Waals surface area contributed by atoms with Crippen LogP contribution in [0.15, 0.2) is 51.6 Å². The lowest BCUT2D eigenvalue weighted by Gasteiger charge is -2.36. The van der Waals surface area contributed by atoms with Crippen molar-refractivity contribution in [2.45, 2.75) is 39.3 Å². The number of amidine groups is 1. The van der Waals surface area contributed by atoms with Crippen LogP contribution in [-0.2, 0) is 19.1 Å². The van der Waals surface area contributed by atoms with Crippen molar-refractivity contribution in [3.8, 4) is 0 Å². The molecule has 1 amide bonds. The monoisotopic (exact) mass is 529 g/mol. The Morgan fingerprint density at radius 1 is 1.27 bits per heavy atom. The lowest BCUT2D eigenvalue weighted by atomic mass is 9.93. The standard InChI is InChI=1S/C25H31N5O6S/c1-16(2)36-24(32)22-17(3)27-25-29(23(22)18-4-6-19(7-5-18)30(33)34)20(15-37-25)14-21(31)26-8-9-28-10-12-35-13-11-28/h4-7,15-16,23H,8-14H2,1-3H3,(H,26,31). The number of esters is 1. The molecule has 0 radical (unpaired) electrons. The van der Waals surface area contributed by atoms with E-state index < -0.39 is 16.9 Å². The predicted octanol–water partition coefficient (Wildman–Crippen LogP) is 2.96. The quantitative estimate of drug-likeness (QED) is 0.292. The third kappa shape index (κ3) is 6.38. The van der Waals surface area contributed by atoms with Gasteiger partial charge in [0.15, 0.2) is 5.17 Å². The van der Waals surface area contributed by atoms with E-state index in [-0.39, 0.29) is 24.1 Å². The van der Waals surface area contributed by atoms with Gasteiger partial charge in [-0.2, -0.15) is 0 Å². The normalized spacial score (nSPS) is 19.9. The molecule has 0 saturated carbocycles. The largest absolute Gasteiger partial charge is 0.459 e. The number of carbonyl (C=O) groups is 2. The fraction of sp³-hybridized carbons (Fsp3) is 0.480. The number of hydrogen-bond acceptors (Lipinski definition) is 10. The minimum absolute atomic E-state index is 0.0494. The summed E-state index contributed by atoms with van der Waals surface area (Å²) < 4.78 is 10.9. The molecular weight excluding hydrogens is 498 g/mol. The Morgan fingerprint density at radius 2 is 1.97 bits per heavy atom. The summed E-state index contributed by atoms with van der Waals surface area (Å²) in [6.07, 6.45) is -0.236. The molecule has 3 heterocycles. The number of thioether (sulfide) groups is 1. The zero-order valence-electron chi connectivity index (χ0n) is 21.1. The number of nitrogens with zero attached hydrogens (tertiary/aromatic N) is 4. The number of allylic oxidation sites excluding steroid dienone is 1. The first-order valence-corrected chi connectivity index (χ1v) is 13.1. The maximum absolute atomic E-state index is 13.2. The van der Waals surface area contributed by atoms with E-state index in [1.54, 1.807) is 32.9 Å². The third-order valence-electron chi connectivity index (χ3n) is 6.18. The first kappa shape index (κ1) is 26.8. The van der Waals surface area contributed by atoms with Crippen molar-refractivity contribution in [3.63, 3.8) is 0 Å². The molecule has 0 aromatic heterocycles. The summed E-state index contributed by atoms with van der Waals surface area (Å²) in [5, 5.41) is 16.7. The summed E-state index contributed by atoms with van der Waals surface area (Å²) in [7, 11) is 0. The van der Waals surface area contributed by atoms with Gasteiger partial charge in [-0.1, -0.05) is 11.8 Å². The number of carbonyl (C=O) groups excluding carboxylic acids is 2. The van der Waals surface area contributed by atoms with Gasteiger partial charge in [0.1, 0.15) is 0 Å². The Hall–Kier alpha value is -3.22. The smallest absolute Gasteiger partial charge is 0.338 e. The van der Waals surface area contributed by atoms with Crippen molar-refractivity contribution in [3.05, 3.63) is 62.3 Å². The maximum atomic E-state index is 13.2. The third-order valence-corrected chi connectivity index (χ3v) is 7.07. The van der Waals surface area contributed by atoms with Crippen molar-refractivity contribution < 1.29 is 24.0 Å². The fourth-order valence-corrected chi connectivity index (χ4v) is 5.37. The van der Waals surface area contributed by atoms with Crippen LogP contribution in [0.5, 0.6) is 0 Å². The molecule has 37 heavy (non-hydrogen) atoms. The van der Waals surface area contributed by atoms with Crippen molar-refractivity contribution in [1.29, 1.82) is 0 Å². The number of amides is 1. The number of hydrogen-bond donors (Lipinski definition) is 1. The molecule has 0 aliphatic carbocycles. The molecule has 1 fully saturated rings. The van der Waals surface area contributed by atoms with Crippen LogP contribution in [0.3, 0.4) is 0 Å². The summed E-state index contributed by atoms with van der Waals surface area (Å²) in [6.45, 7) is 9.66. The van der Waals surface area contributed by atoms with E-state index in [4.69, 9.17) is 9.47 Å². The van der Waals surface area contributed by atoms with Crippen LogP contribution < -0.4 is 5.32 Å². The highest BCUT2D eigenvalue weighted by Crippen LogP contribution is 2.45. The molecule has 1 unspecified atom stereocenters. The Balaban J connectivity index is 1.55. The number of nitro benzene ring substituents is 1. The van der Waals surface area contributed by atoms with Gasteiger partial charge < -0.3 is 19.7 Å². The number of fused-ring (bicyclic) bond motifs is 1. The summed E-state index contributed by atoms with van der Waals surface area (Å²) >= 11 is 1.38. The van der Waals surface area contributed by atoms with Gasteiger partial charge in [-0.05, 0) is 43.9 Å². The average molecular weight is 530 g/mol. The molecule has 1 atom stereocenters. The first-order chi connectivity index (χ1) is 17.7. The highest BCUT2D eigenvalue weighted by Gasteiger charge is 2.41. The second-order valence-electron chi connectivity index (χ2n) is 9.18. The molecular formula is C25H31N5O6S. The van der Waals surface area contributed by atoms with Crippen LogP contribution in [0.25, 0.3) is 0 Å². The molecule has 0 bridgehead atoms. The Morgan fingerprint density at radius 3 is 2.62 bits per heavy atom. The molecule has 3 aliphatic heterocycles. The SMILES string of the molecule is CC1=C(C(=O)OC(C)C)C(c2ccc([N+](=O)[O-])cc2)N2C(CC(=O)NCCN3CCOCC3)=CSC2=N1. The molecule has 1 saturated heterocycles. The molecule has 11 nitrogen and oxygen atoms in total. The van der Waals surface area contributed by atoms with Gasteiger partial charge in [0.25, 0.3) is 5.69 Å². The lowest BCUT2D eigenvalue weighted by Crippen LogP contribution is -2.42. The van der Waals surface area contributed by atoms with Crippen LogP contribution in [0.2, 0.25) is 0 Å². The molecule has 12 heteroatoms. The summed E-state index contributed by atoms with van der Waals surface area (Å²) in [4.78, 5) is 45.5. The second-order valence-corrected chi connectivity index (χ2v) is 10.0. The number of benzene rings is 1. The summed E-state index contributed by atoms with van der Waals surface area (Å²) in [5.74, 6) is -0.647. The molecule has 3 aliphatic rings. The highest BCUT2D eigenvalue weighted by atomic mass is 32.2. The number of morpholine rings is 1. The molecule has 1 aromatic rings. The zero-order chi connectivity index (χ0) is 26.5. The van der Waals surface area contributed by atoms with Crippen molar-refractivity contribution in [2.75, 3.05) is 39.4 Å². The van der Waals surface area contributed by atoms with Gasteiger partial charge in [0, 0.05) is 44.0 Å². The van der Waals surface area contributed by atoms with Crippen LogP contribution in [-0.4, -0.2) is 77.3 Å². The number of ether oxygens (including phenoxy) is 2. The van der Waals surface area contributed by atoms with Crippen molar-refractivity contribution >= 4 is 34.5 Å². The average Bonchev–Trinajstić information content (AvgIpc) is 3.25. The molecule has 198 valence electrons. The van der Waals surface area contributed by atoms with Crippen molar-refractivity contribution in [2.24, 2.45) is 4.99 Å². The van der Waals surface area contributed by atoms with E-state index in [0.717, 1.165) is 19.6 Å². The van der Waals surface area contributed by atoms with Gasteiger partial charge in [-0.15, -0.1) is 0 Å². The number of rotatable bonds is 9.